The van der Waals surface area contributed by atoms with Crippen LogP contribution in [0, 0.1) is 0 Å². The molecule has 0 aliphatic rings. The lowest BCUT2D eigenvalue weighted by Crippen LogP contribution is -2.46. The van der Waals surface area contributed by atoms with Crippen molar-refractivity contribution in [3.63, 3.8) is 0 Å². The highest BCUT2D eigenvalue weighted by Gasteiger charge is 2.31. The SMILES string of the molecule is NC(=O)[C@H](Cc1cccc(C(F)(F)F)c1)NC(=O)Cc1cccc(C(F)(F)F)c1. The van der Waals surface area contributed by atoms with Crippen molar-refractivity contribution < 1.29 is 35.9 Å². The highest BCUT2D eigenvalue weighted by Crippen LogP contribution is 2.30. The first-order valence-corrected chi connectivity index (χ1v) is 8.27. The molecule has 0 fully saturated rings. The topological polar surface area (TPSA) is 72.2 Å². The van der Waals surface area contributed by atoms with Gasteiger partial charge < -0.3 is 11.1 Å². The molecule has 2 aromatic rings. The Hall–Kier alpha value is -3.04. The zero-order valence-corrected chi connectivity index (χ0v) is 14.8. The number of hydrogen-bond acceptors (Lipinski definition) is 2. The number of carbonyl (C=O) groups excluding carboxylic acids is 2. The van der Waals surface area contributed by atoms with E-state index in [9.17, 15) is 35.9 Å². The summed E-state index contributed by atoms with van der Waals surface area (Å²) in [6.07, 6.45) is -9.92. The molecule has 156 valence electrons. The van der Waals surface area contributed by atoms with E-state index in [-0.39, 0.29) is 17.5 Å². The number of primary amides is 1. The van der Waals surface area contributed by atoms with E-state index in [1.807, 2.05) is 0 Å². The van der Waals surface area contributed by atoms with Crippen LogP contribution in [0.4, 0.5) is 26.3 Å². The minimum Gasteiger partial charge on any atom is -0.368 e. The molecule has 0 bridgehead atoms. The average molecular weight is 418 g/mol. The van der Waals surface area contributed by atoms with Gasteiger partial charge in [-0.05, 0) is 23.3 Å². The Labute approximate surface area is 161 Å². The van der Waals surface area contributed by atoms with E-state index in [0.29, 0.717) is 0 Å². The zero-order valence-electron chi connectivity index (χ0n) is 14.8. The van der Waals surface area contributed by atoms with Crippen LogP contribution in [0.5, 0.6) is 0 Å². The van der Waals surface area contributed by atoms with E-state index in [2.05, 4.69) is 5.32 Å². The Morgan fingerprint density at radius 3 is 1.83 bits per heavy atom. The summed E-state index contributed by atoms with van der Waals surface area (Å²) >= 11 is 0. The minimum absolute atomic E-state index is 0.0552. The van der Waals surface area contributed by atoms with Crippen LogP contribution in [0.15, 0.2) is 48.5 Å². The van der Waals surface area contributed by atoms with Crippen LogP contribution in [0.1, 0.15) is 22.3 Å². The van der Waals surface area contributed by atoms with Gasteiger partial charge in [0, 0.05) is 6.42 Å². The molecule has 1 atom stereocenters. The highest BCUT2D eigenvalue weighted by molar-refractivity contribution is 5.87. The molecule has 0 radical (unpaired) electrons. The molecule has 2 amide bonds. The van der Waals surface area contributed by atoms with Crippen molar-refractivity contribution in [2.75, 3.05) is 0 Å². The lowest BCUT2D eigenvalue weighted by Gasteiger charge is -2.17. The fourth-order valence-electron chi connectivity index (χ4n) is 2.62. The molecule has 0 saturated carbocycles. The van der Waals surface area contributed by atoms with Crippen LogP contribution >= 0.6 is 0 Å². The van der Waals surface area contributed by atoms with Gasteiger partial charge in [0.05, 0.1) is 17.5 Å². The van der Waals surface area contributed by atoms with Gasteiger partial charge in [0.15, 0.2) is 0 Å². The Kier molecular flexibility index (Phi) is 6.55. The zero-order chi connectivity index (χ0) is 21.8. The molecule has 2 aromatic carbocycles. The summed E-state index contributed by atoms with van der Waals surface area (Å²) in [5, 5.41) is 2.25. The normalized spacial score (nSPS) is 13.0. The molecule has 29 heavy (non-hydrogen) atoms. The van der Waals surface area contributed by atoms with Crippen LogP contribution < -0.4 is 11.1 Å². The van der Waals surface area contributed by atoms with E-state index in [4.69, 9.17) is 5.73 Å². The maximum atomic E-state index is 12.8. The van der Waals surface area contributed by atoms with Crippen LogP contribution in [-0.2, 0) is 34.8 Å². The van der Waals surface area contributed by atoms with Crippen LogP contribution in [-0.4, -0.2) is 17.9 Å². The van der Waals surface area contributed by atoms with Gasteiger partial charge in [-0.1, -0.05) is 36.4 Å². The van der Waals surface area contributed by atoms with E-state index in [1.54, 1.807) is 0 Å². The van der Waals surface area contributed by atoms with Gasteiger partial charge in [0.25, 0.3) is 0 Å². The second kappa shape index (κ2) is 8.54. The van der Waals surface area contributed by atoms with Crippen LogP contribution in [0.25, 0.3) is 0 Å². The van der Waals surface area contributed by atoms with Crippen molar-refractivity contribution in [1.29, 1.82) is 0 Å². The number of nitrogens with two attached hydrogens (primary N) is 1. The number of nitrogens with one attached hydrogen (secondary N) is 1. The Bertz CT molecular complexity index is 893. The second-order valence-corrected chi connectivity index (χ2v) is 6.30. The summed E-state index contributed by atoms with van der Waals surface area (Å²) in [5.41, 5.74) is 3.52. The first-order valence-electron chi connectivity index (χ1n) is 8.27. The summed E-state index contributed by atoms with van der Waals surface area (Å²) in [6, 6.07) is 6.94. The molecule has 0 aromatic heterocycles. The molecule has 10 heteroatoms. The van der Waals surface area contributed by atoms with E-state index in [0.717, 1.165) is 36.4 Å². The lowest BCUT2D eigenvalue weighted by molar-refractivity contribution is -0.138. The maximum absolute atomic E-state index is 12.8. The Morgan fingerprint density at radius 2 is 1.34 bits per heavy atom. The van der Waals surface area contributed by atoms with Gasteiger partial charge in [-0.25, -0.2) is 0 Å². The van der Waals surface area contributed by atoms with E-state index < -0.39 is 47.8 Å². The van der Waals surface area contributed by atoms with Crippen molar-refractivity contribution in [2.45, 2.75) is 31.2 Å². The molecule has 0 saturated heterocycles. The summed E-state index contributed by atoms with van der Waals surface area (Å²) in [6.45, 7) is 0. The van der Waals surface area contributed by atoms with Crippen molar-refractivity contribution in [1.82, 2.24) is 5.32 Å². The third kappa shape index (κ3) is 6.51. The molecule has 0 aliphatic heterocycles. The quantitative estimate of drug-likeness (QED) is 0.706. The second-order valence-electron chi connectivity index (χ2n) is 6.30. The minimum atomic E-state index is -4.58. The molecule has 0 heterocycles. The molecule has 2 rings (SSSR count). The molecular weight excluding hydrogens is 402 g/mol. The van der Waals surface area contributed by atoms with Gasteiger partial charge in [0.2, 0.25) is 11.8 Å². The molecule has 0 spiro atoms. The fourth-order valence-corrected chi connectivity index (χ4v) is 2.62. The lowest BCUT2D eigenvalue weighted by atomic mass is 10.0. The number of halogens is 6. The molecule has 0 aliphatic carbocycles. The number of hydrogen-bond donors (Lipinski definition) is 2. The summed E-state index contributed by atoms with van der Waals surface area (Å²) < 4.78 is 76.6. The first kappa shape index (κ1) is 22.3. The Morgan fingerprint density at radius 1 is 0.862 bits per heavy atom. The number of alkyl halides is 6. The van der Waals surface area contributed by atoms with E-state index in [1.165, 1.54) is 12.1 Å². The van der Waals surface area contributed by atoms with Gasteiger partial charge in [-0.15, -0.1) is 0 Å². The monoisotopic (exact) mass is 418 g/mol. The van der Waals surface area contributed by atoms with E-state index >= 15 is 0 Å². The summed E-state index contributed by atoms with van der Waals surface area (Å²) in [7, 11) is 0. The summed E-state index contributed by atoms with van der Waals surface area (Å²) in [5.74, 6) is -1.78. The predicted octanol–water partition coefficient (Wildman–Crippen LogP) is 3.48. The summed E-state index contributed by atoms with van der Waals surface area (Å²) in [4.78, 5) is 23.7. The highest BCUT2D eigenvalue weighted by atomic mass is 19.4. The van der Waals surface area contributed by atoms with Crippen LogP contribution in [0.2, 0.25) is 0 Å². The Balaban J connectivity index is 2.09. The van der Waals surface area contributed by atoms with Crippen molar-refractivity contribution in [3.8, 4) is 0 Å². The smallest absolute Gasteiger partial charge is 0.368 e. The fraction of sp³-hybridized carbons (Fsp3) is 0.263. The molecular formula is C19H16F6N2O2. The van der Waals surface area contributed by atoms with Crippen LogP contribution in [0.3, 0.4) is 0 Å². The van der Waals surface area contributed by atoms with Gasteiger partial charge in [0.1, 0.15) is 6.04 Å². The number of rotatable bonds is 6. The molecule has 0 unspecified atom stereocenters. The van der Waals surface area contributed by atoms with Gasteiger partial charge >= 0.3 is 12.4 Å². The van der Waals surface area contributed by atoms with Gasteiger partial charge in [-0.2, -0.15) is 26.3 Å². The van der Waals surface area contributed by atoms with Crippen molar-refractivity contribution >= 4 is 11.8 Å². The molecule has 4 nitrogen and oxygen atoms in total. The predicted molar refractivity (Wildman–Crippen MR) is 91.4 cm³/mol. The first-order chi connectivity index (χ1) is 13.4. The number of carbonyl (C=O) groups is 2. The maximum Gasteiger partial charge on any atom is 0.416 e. The number of amides is 2. The van der Waals surface area contributed by atoms with Gasteiger partial charge in [-0.3, -0.25) is 9.59 Å². The van der Waals surface area contributed by atoms with Crippen molar-refractivity contribution in [3.05, 3.63) is 70.8 Å². The number of benzene rings is 2. The average Bonchev–Trinajstić information content (AvgIpc) is 2.60. The standard InChI is InChI=1S/C19H16F6N2O2/c20-18(21,22)13-5-1-3-11(7-13)9-15(17(26)29)27-16(28)10-12-4-2-6-14(8-12)19(23,24)25/h1-8,15H,9-10H2,(H2,26,29)(H,27,28)/t15-/m0/s1. The van der Waals surface area contributed by atoms with Crippen molar-refractivity contribution in [2.24, 2.45) is 5.73 Å². The third-order valence-corrected chi connectivity index (χ3v) is 3.99. The molecule has 3 N–H and O–H groups in total. The third-order valence-electron chi connectivity index (χ3n) is 3.99. The largest absolute Gasteiger partial charge is 0.416 e.